The second kappa shape index (κ2) is 11.1. The third-order valence-corrected chi connectivity index (χ3v) is 10.4. The van der Waals surface area contributed by atoms with Gasteiger partial charge in [-0.1, -0.05) is 53.5 Å². The number of nitrogens with one attached hydrogen (secondary N) is 1. The molecule has 1 saturated heterocycles. The van der Waals surface area contributed by atoms with Gasteiger partial charge in [-0.15, -0.1) is 0 Å². The van der Waals surface area contributed by atoms with Gasteiger partial charge in [-0.05, 0) is 66.3 Å². The zero-order valence-corrected chi connectivity index (χ0v) is 27.6. The molecule has 7 rings (SSSR count). The molecule has 2 amide bonds. The number of anilines is 1. The van der Waals surface area contributed by atoms with Gasteiger partial charge in [0.2, 0.25) is 0 Å². The highest BCUT2D eigenvalue weighted by Crippen LogP contribution is 2.62. The SMILES string of the molecule is Cc1cc(C2C3=CCn4c(=O)n(C)c(=O)n4C3CC3C(=O)N(Nc4ncc(C(F)(F)F)cc4Cl)C(=O)C32c2ccc(Cl)cc2)cc(C)c1O. The molecule has 3 aliphatic rings. The Labute approximate surface area is 285 Å². The van der Waals surface area contributed by atoms with E-state index >= 15 is 4.79 Å². The summed E-state index contributed by atoms with van der Waals surface area (Å²) in [4.78, 5) is 60.0. The van der Waals surface area contributed by atoms with Gasteiger partial charge in [-0.2, -0.15) is 18.2 Å². The van der Waals surface area contributed by atoms with Crippen LogP contribution in [-0.4, -0.2) is 40.8 Å². The van der Waals surface area contributed by atoms with E-state index in [4.69, 9.17) is 23.2 Å². The molecule has 4 atom stereocenters. The summed E-state index contributed by atoms with van der Waals surface area (Å²) in [5, 5.41) is 11.3. The number of nitrogens with zero attached hydrogens (tertiary/aromatic N) is 5. The molecular weight excluding hydrogens is 688 g/mol. The van der Waals surface area contributed by atoms with E-state index in [0.29, 0.717) is 50.1 Å². The average Bonchev–Trinajstić information content (AvgIpc) is 3.40. The summed E-state index contributed by atoms with van der Waals surface area (Å²) in [7, 11) is 1.35. The van der Waals surface area contributed by atoms with Gasteiger partial charge in [-0.25, -0.2) is 28.5 Å². The molecular formula is C33H27Cl2F3N6O5. The van der Waals surface area contributed by atoms with Crippen LogP contribution in [0.15, 0.2) is 69.9 Å². The quantitative estimate of drug-likeness (QED) is 0.225. The Kier molecular flexibility index (Phi) is 7.41. The number of rotatable bonds is 4. The van der Waals surface area contributed by atoms with Gasteiger partial charge < -0.3 is 5.11 Å². The number of aromatic hydroxyl groups is 1. The fourth-order valence-electron chi connectivity index (χ4n) is 7.68. The number of hydrazine groups is 1. The van der Waals surface area contributed by atoms with Gasteiger partial charge in [0.1, 0.15) is 5.75 Å². The fourth-order valence-corrected chi connectivity index (χ4v) is 8.02. The van der Waals surface area contributed by atoms with Crippen molar-refractivity contribution in [3.8, 4) is 5.75 Å². The zero-order valence-electron chi connectivity index (χ0n) is 26.0. The number of fused-ring (bicyclic) bond motifs is 4. The number of alkyl halides is 3. The molecule has 1 saturated carbocycles. The molecule has 4 aromatic rings. The number of aromatic nitrogens is 4. The Balaban J connectivity index is 1.49. The van der Waals surface area contributed by atoms with Crippen molar-refractivity contribution in [2.45, 2.75) is 50.4 Å². The number of halogens is 5. The number of pyridine rings is 1. The molecule has 0 bridgehead atoms. The molecule has 2 aromatic carbocycles. The van der Waals surface area contributed by atoms with Crippen molar-refractivity contribution in [1.29, 1.82) is 0 Å². The van der Waals surface area contributed by atoms with Crippen LogP contribution < -0.4 is 16.8 Å². The van der Waals surface area contributed by atoms with E-state index in [2.05, 4.69) is 10.4 Å². The van der Waals surface area contributed by atoms with Crippen molar-refractivity contribution >= 4 is 40.8 Å². The standard InChI is InChI=1S/C33H27Cl2F3N6O5/c1-15-10-17(11-16(2)26(15)45)25-21-8-9-42-30(48)41(3)31(49)44(42)24(21)13-22-28(46)43(29(47)32(22,25)18-4-6-20(34)7-5-18)40-27-23(35)12-19(14-39-27)33(36,37)38/h4-8,10-12,14,22,24-25,45H,9,13H2,1-3H3,(H,39,40). The maximum atomic E-state index is 15.1. The largest absolute Gasteiger partial charge is 0.507 e. The first-order valence-corrected chi connectivity index (χ1v) is 15.8. The molecule has 1 aliphatic carbocycles. The van der Waals surface area contributed by atoms with Crippen molar-refractivity contribution < 1.29 is 27.9 Å². The van der Waals surface area contributed by atoms with Crippen LogP contribution in [0.5, 0.6) is 5.75 Å². The first-order chi connectivity index (χ1) is 23.1. The minimum absolute atomic E-state index is 0.00381. The molecule has 4 unspecified atom stereocenters. The summed E-state index contributed by atoms with van der Waals surface area (Å²) in [6, 6.07) is 9.64. The summed E-state index contributed by atoms with van der Waals surface area (Å²) in [6.07, 6.45) is -2.52. The van der Waals surface area contributed by atoms with E-state index < -0.39 is 63.2 Å². The Bertz CT molecular complexity index is 2220. The van der Waals surface area contributed by atoms with E-state index in [1.54, 1.807) is 56.3 Å². The highest BCUT2D eigenvalue weighted by atomic mass is 35.5. The Morgan fingerprint density at radius 1 is 1.00 bits per heavy atom. The summed E-state index contributed by atoms with van der Waals surface area (Å²) in [5.74, 6) is -3.95. The van der Waals surface area contributed by atoms with Gasteiger partial charge in [0.15, 0.2) is 5.82 Å². The Morgan fingerprint density at radius 3 is 2.27 bits per heavy atom. The molecule has 49 heavy (non-hydrogen) atoms. The molecule has 0 spiro atoms. The number of carbonyl (C=O) groups is 2. The van der Waals surface area contributed by atoms with Crippen LogP contribution in [0.25, 0.3) is 0 Å². The zero-order chi connectivity index (χ0) is 35.3. The van der Waals surface area contributed by atoms with Crippen molar-refractivity contribution in [3.63, 3.8) is 0 Å². The smallest absolute Gasteiger partial charge is 0.417 e. The monoisotopic (exact) mass is 714 g/mol. The van der Waals surface area contributed by atoms with Crippen LogP contribution in [0.2, 0.25) is 10.0 Å². The van der Waals surface area contributed by atoms with Crippen LogP contribution in [0, 0.1) is 19.8 Å². The number of phenols is 1. The number of carbonyl (C=O) groups excluding carboxylic acids is 2. The number of phenolic OH excluding ortho intramolecular Hbond substituents is 1. The highest BCUT2D eigenvalue weighted by Gasteiger charge is 2.69. The Morgan fingerprint density at radius 2 is 1.65 bits per heavy atom. The third-order valence-electron chi connectivity index (χ3n) is 9.86. The number of allylic oxidation sites excluding steroid dienone is 2. The maximum absolute atomic E-state index is 15.1. The number of aryl methyl sites for hydroxylation is 2. The second-order valence-corrected chi connectivity index (χ2v) is 13.4. The molecule has 2 aliphatic heterocycles. The number of benzene rings is 2. The lowest BCUT2D eigenvalue weighted by Crippen LogP contribution is -2.53. The first-order valence-electron chi connectivity index (χ1n) is 15.1. The summed E-state index contributed by atoms with van der Waals surface area (Å²) < 4.78 is 43.7. The average molecular weight is 716 g/mol. The summed E-state index contributed by atoms with van der Waals surface area (Å²) >= 11 is 12.5. The van der Waals surface area contributed by atoms with Crippen LogP contribution in [-0.2, 0) is 34.8 Å². The minimum Gasteiger partial charge on any atom is -0.507 e. The summed E-state index contributed by atoms with van der Waals surface area (Å²) in [6.45, 7) is 3.39. The van der Waals surface area contributed by atoms with Crippen LogP contribution in [0.1, 0.15) is 46.2 Å². The van der Waals surface area contributed by atoms with E-state index in [-0.39, 0.29) is 24.5 Å². The molecule has 2 aromatic heterocycles. The highest BCUT2D eigenvalue weighted by molar-refractivity contribution is 6.33. The molecule has 254 valence electrons. The van der Waals surface area contributed by atoms with Gasteiger partial charge in [0, 0.05) is 24.2 Å². The fraction of sp³-hybridized carbons (Fsp3) is 0.303. The number of hydrogen-bond donors (Lipinski definition) is 2. The summed E-state index contributed by atoms with van der Waals surface area (Å²) in [5.41, 5.74) is 1.16. The molecule has 2 fully saturated rings. The third kappa shape index (κ3) is 4.67. The topological polar surface area (TPSA) is 131 Å². The predicted molar refractivity (Wildman–Crippen MR) is 172 cm³/mol. The number of amides is 2. The second-order valence-electron chi connectivity index (χ2n) is 12.5. The van der Waals surface area contributed by atoms with Gasteiger partial charge in [0.05, 0.1) is 34.5 Å². The molecule has 4 heterocycles. The predicted octanol–water partition coefficient (Wildman–Crippen LogP) is 5.01. The van der Waals surface area contributed by atoms with Crippen molar-refractivity contribution in [3.05, 3.63) is 119 Å². The van der Waals surface area contributed by atoms with Gasteiger partial charge in [-0.3, -0.25) is 15.0 Å². The van der Waals surface area contributed by atoms with Crippen LogP contribution >= 0.6 is 23.2 Å². The van der Waals surface area contributed by atoms with E-state index in [9.17, 15) is 32.7 Å². The lowest BCUT2D eigenvalue weighted by atomic mass is 9.53. The lowest BCUT2D eigenvalue weighted by molar-refractivity contribution is -0.139. The van der Waals surface area contributed by atoms with Crippen LogP contribution in [0.4, 0.5) is 19.0 Å². The maximum Gasteiger partial charge on any atom is 0.417 e. The van der Waals surface area contributed by atoms with Crippen LogP contribution in [0.3, 0.4) is 0 Å². The lowest BCUT2D eigenvalue weighted by Gasteiger charge is -2.49. The normalized spacial score (nSPS) is 23.2. The van der Waals surface area contributed by atoms with Crippen molar-refractivity contribution in [2.75, 3.05) is 5.43 Å². The van der Waals surface area contributed by atoms with Gasteiger partial charge in [0.25, 0.3) is 11.8 Å². The van der Waals surface area contributed by atoms with E-state index in [1.807, 2.05) is 0 Å². The van der Waals surface area contributed by atoms with E-state index in [1.165, 1.54) is 16.4 Å². The van der Waals surface area contributed by atoms with Crippen molar-refractivity contribution in [1.82, 2.24) is 23.9 Å². The number of hydrogen-bond acceptors (Lipinski definition) is 7. The molecule has 0 radical (unpaired) electrons. The van der Waals surface area contributed by atoms with Gasteiger partial charge >= 0.3 is 17.6 Å². The first kappa shape index (κ1) is 32.7. The minimum atomic E-state index is -4.74. The van der Waals surface area contributed by atoms with E-state index in [0.717, 1.165) is 4.57 Å². The number of imide groups is 1. The molecule has 2 N–H and O–H groups in total. The molecule has 11 nitrogen and oxygen atoms in total. The molecule has 16 heteroatoms. The Hall–Kier alpha value is -4.82. The van der Waals surface area contributed by atoms with Crippen molar-refractivity contribution in [2.24, 2.45) is 13.0 Å².